The van der Waals surface area contributed by atoms with Crippen molar-refractivity contribution in [1.82, 2.24) is 5.32 Å². The van der Waals surface area contributed by atoms with Gasteiger partial charge in [0.25, 0.3) is 0 Å². The topological polar surface area (TPSA) is 76.4 Å². The van der Waals surface area contributed by atoms with Crippen LogP contribution >= 0.6 is 0 Å². The van der Waals surface area contributed by atoms with E-state index in [-0.39, 0.29) is 11.5 Å². The Hall–Kier alpha value is -0.770. The van der Waals surface area contributed by atoms with E-state index >= 15 is 0 Å². The highest BCUT2D eigenvalue weighted by Gasteiger charge is 2.28. The van der Waals surface area contributed by atoms with Crippen LogP contribution in [0.1, 0.15) is 39.5 Å². The maximum Gasteiger partial charge on any atom is 0.185 e. The molecule has 0 bridgehead atoms. The Kier molecular flexibility index (Phi) is 3.75. The molecule has 2 unspecified atom stereocenters. The van der Waals surface area contributed by atoms with Crippen molar-refractivity contribution in [2.75, 3.05) is 6.54 Å². The smallest absolute Gasteiger partial charge is 0.185 e. The average molecular weight is 198 g/mol. The van der Waals surface area contributed by atoms with Gasteiger partial charge in [0, 0.05) is 18.1 Å². The first kappa shape index (κ1) is 11.3. The number of nitrogens with two attached hydrogens (primary N) is 2. The van der Waals surface area contributed by atoms with Crippen LogP contribution in [0.2, 0.25) is 0 Å². The van der Waals surface area contributed by atoms with Gasteiger partial charge in [0.2, 0.25) is 0 Å². The molecule has 1 heterocycles. The fourth-order valence-electron chi connectivity index (χ4n) is 2.17. The predicted molar refractivity (Wildman–Crippen MR) is 60.1 cm³/mol. The monoisotopic (exact) mass is 198 g/mol. The van der Waals surface area contributed by atoms with Crippen molar-refractivity contribution in [2.45, 2.75) is 51.1 Å². The molecule has 1 fully saturated rings. The largest absolute Gasteiger partial charge is 0.370 e. The molecule has 0 amide bonds. The number of hydrogen-bond donors (Lipinski definition) is 3. The number of nitrogens with one attached hydrogen (secondary N) is 1. The van der Waals surface area contributed by atoms with Crippen molar-refractivity contribution in [2.24, 2.45) is 16.5 Å². The van der Waals surface area contributed by atoms with E-state index in [2.05, 4.69) is 24.2 Å². The first-order chi connectivity index (χ1) is 6.52. The summed E-state index contributed by atoms with van der Waals surface area (Å²) < 4.78 is 0. The normalized spacial score (nSPS) is 32.6. The number of aliphatic imine (C=N–C) groups is 1. The summed E-state index contributed by atoms with van der Waals surface area (Å²) in [6.07, 6.45) is 4.80. The maximum atomic E-state index is 5.29. The first-order valence-electron chi connectivity index (χ1n) is 5.35. The van der Waals surface area contributed by atoms with Crippen molar-refractivity contribution in [1.29, 1.82) is 0 Å². The van der Waals surface area contributed by atoms with Crippen LogP contribution in [-0.4, -0.2) is 24.1 Å². The third kappa shape index (κ3) is 3.54. The van der Waals surface area contributed by atoms with Gasteiger partial charge in [-0.25, -0.2) is 0 Å². The lowest BCUT2D eigenvalue weighted by atomic mass is 9.85. The summed E-state index contributed by atoms with van der Waals surface area (Å²) in [5.41, 5.74) is 10.8. The Labute approximate surface area is 86.1 Å². The molecule has 0 saturated carbocycles. The van der Waals surface area contributed by atoms with Crippen LogP contribution in [0, 0.1) is 0 Å². The van der Waals surface area contributed by atoms with Gasteiger partial charge in [-0.05, 0) is 33.1 Å². The molecule has 2 atom stereocenters. The van der Waals surface area contributed by atoms with Crippen molar-refractivity contribution in [3.8, 4) is 0 Å². The van der Waals surface area contributed by atoms with Crippen molar-refractivity contribution in [3.05, 3.63) is 0 Å². The molecule has 1 aliphatic rings. The van der Waals surface area contributed by atoms with Crippen molar-refractivity contribution >= 4 is 5.96 Å². The van der Waals surface area contributed by atoms with E-state index in [1.807, 2.05) is 0 Å². The summed E-state index contributed by atoms with van der Waals surface area (Å²) >= 11 is 0. The molecule has 0 aromatic rings. The molecule has 4 heteroatoms. The van der Waals surface area contributed by atoms with Gasteiger partial charge in [-0.3, -0.25) is 4.99 Å². The zero-order valence-electron chi connectivity index (χ0n) is 9.21. The highest BCUT2D eigenvalue weighted by molar-refractivity contribution is 5.75. The summed E-state index contributed by atoms with van der Waals surface area (Å²) in [5, 5.41) is 3.62. The molecule has 0 spiro atoms. The van der Waals surface area contributed by atoms with E-state index in [0.717, 1.165) is 13.0 Å². The molecule has 14 heavy (non-hydrogen) atoms. The van der Waals surface area contributed by atoms with Crippen molar-refractivity contribution in [3.63, 3.8) is 0 Å². The molecule has 1 aliphatic heterocycles. The van der Waals surface area contributed by atoms with E-state index in [1.54, 1.807) is 0 Å². The van der Waals surface area contributed by atoms with Gasteiger partial charge in [-0.2, -0.15) is 0 Å². The second-order valence-electron chi connectivity index (χ2n) is 4.55. The van der Waals surface area contributed by atoms with Crippen LogP contribution in [0.3, 0.4) is 0 Å². The highest BCUT2D eigenvalue weighted by Crippen LogP contribution is 2.24. The first-order valence-corrected chi connectivity index (χ1v) is 5.35. The summed E-state index contributed by atoms with van der Waals surface area (Å²) in [6, 6.07) is 0.618. The number of guanidine groups is 1. The van der Waals surface area contributed by atoms with Gasteiger partial charge in [-0.1, -0.05) is 6.42 Å². The summed E-state index contributed by atoms with van der Waals surface area (Å²) in [7, 11) is 0. The van der Waals surface area contributed by atoms with Crippen LogP contribution in [0.15, 0.2) is 4.99 Å². The predicted octanol–water partition coefficient (Wildman–Crippen LogP) is 0.571. The fraction of sp³-hybridized carbons (Fsp3) is 0.900. The lowest BCUT2D eigenvalue weighted by Crippen LogP contribution is -2.50. The second-order valence-corrected chi connectivity index (χ2v) is 4.55. The van der Waals surface area contributed by atoms with Gasteiger partial charge in [0.15, 0.2) is 5.96 Å². The molecule has 0 aliphatic carbocycles. The fourth-order valence-corrected chi connectivity index (χ4v) is 2.17. The van der Waals surface area contributed by atoms with Gasteiger partial charge < -0.3 is 16.8 Å². The van der Waals surface area contributed by atoms with E-state index in [9.17, 15) is 0 Å². The molecule has 0 aromatic heterocycles. The quantitative estimate of drug-likeness (QED) is 0.458. The van der Waals surface area contributed by atoms with Crippen molar-refractivity contribution < 1.29 is 0 Å². The van der Waals surface area contributed by atoms with Gasteiger partial charge in [-0.15, -0.1) is 0 Å². The van der Waals surface area contributed by atoms with Crippen LogP contribution in [0.5, 0.6) is 0 Å². The van der Waals surface area contributed by atoms with E-state index in [1.165, 1.54) is 19.3 Å². The minimum atomic E-state index is 0.192. The number of hydrogen-bond acceptors (Lipinski definition) is 2. The molecular formula is C10H22N4. The van der Waals surface area contributed by atoms with E-state index in [0.29, 0.717) is 6.04 Å². The molecule has 4 nitrogen and oxygen atoms in total. The number of rotatable bonds is 3. The third-order valence-electron chi connectivity index (χ3n) is 2.92. The van der Waals surface area contributed by atoms with Crippen LogP contribution in [-0.2, 0) is 0 Å². The van der Waals surface area contributed by atoms with E-state index in [4.69, 9.17) is 11.5 Å². The van der Waals surface area contributed by atoms with Crippen LogP contribution in [0.4, 0.5) is 0 Å². The van der Waals surface area contributed by atoms with Crippen LogP contribution in [0.25, 0.3) is 0 Å². The number of piperidine rings is 1. The van der Waals surface area contributed by atoms with Gasteiger partial charge in [0.05, 0.1) is 0 Å². The average Bonchev–Trinajstić information content (AvgIpc) is 2.01. The van der Waals surface area contributed by atoms with E-state index < -0.39 is 0 Å². The Bertz CT molecular complexity index is 210. The molecule has 5 N–H and O–H groups in total. The van der Waals surface area contributed by atoms with Gasteiger partial charge >= 0.3 is 0 Å². The molecule has 0 aromatic carbocycles. The lowest BCUT2D eigenvalue weighted by molar-refractivity contribution is 0.222. The molecule has 1 rings (SSSR count). The molecule has 82 valence electrons. The molecule has 0 radical (unpaired) electrons. The van der Waals surface area contributed by atoms with Crippen LogP contribution < -0.4 is 16.8 Å². The van der Waals surface area contributed by atoms with Gasteiger partial charge in [0.1, 0.15) is 0 Å². The highest BCUT2D eigenvalue weighted by atomic mass is 15.0. The maximum absolute atomic E-state index is 5.29. The summed E-state index contributed by atoms with van der Waals surface area (Å²) in [6.45, 7) is 5.21. The SMILES string of the molecule is CC1CCCC(C)(CCN=C(N)N)N1. The Morgan fingerprint density at radius 1 is 1.57 bits per heavy atom. The second kappa shape index (κ2) is 4.64. The standard InChI is InChI=1S/C10H22N4/c1-8-4-3-5-10(2,14-8)6-7-13-9(11)12/h8,14H,3-7H2,1-2H3,(H4,11,12,13). The number of nitrogens with zero attached hydrogens (tertiary/aromatic N) is 1. The lowest BCUT2D eigenvalue weighted by Gasteiger charge is -2.38. The zero-order chi connectivity index (χ0) is 10.6. The molecular weight excluding hydrogens is 176 g/mol. The zero-order valence-corrected chi connectivity index (χ0v) is 9.21. The molecule has 1 saturated heterocycles. The third-order valence-corrected chi connectivity index (χ3v) is 2.92. The summed E-state index contributed by atoms with van der Waals surface area (Å²) in [5.74, 6) is 0.192. The Morgan fingerprint density at radius 2 is 2.29 bits per heavy atom. The summed E-state index contributed by atoms with van der Waals surface area (Å²) in [4.78, 5) is 4.02. The Balaban J connectivity index is 2.37. The minimum absolute atomic E-state index is 0.192. The minimum Gasteiger partial charge on any atom is -0.370 e. The Morgan fingerprint density at radius 3 is 2.86 bits per heavy atom.